The van der Waals surface area contributed by atoms with Crippen LogP contribution in [-0.2, 0) is 10.1 Å². The first-order valence-electron chi connectivity index (χ1n) is 7.05. The van der Waals surface area contributed by atoms with Crippen molar-refractivity contribution in [2.75, 3.05) is 12.4 Å². The number of aliphatic hydroxyl groups is 1. The molecule has 0 saturated carbocycles. The zero-order valence-electron chi connectivity index (χ0n) is 12.4. The van der Waals surface area contributed by atoms with Gasteiger partial charge in [-0.3, -0.25) is 9.35 Å². The van der Waals surface area contributed by atoms with Crippen molar-refractivity contribution in [2.45, 2.75) is 6.10 Å². The SMILES string of the molecule is O=c1c2ccccc2sc2ccc(OCC(O)CS(=O)(=O)O)cc12. The van der Waals surface area contributed by atoms with E-state index in [9.17, 15) is 18.3 Å². The molecule has 0 aliphatic heterocycles. The van der Waals surface area contributed by atoms with E-state index in [4.69, 9.17) is 9.29 Å². The summed E-state index contributed by atoms with van der Waals surface area (Å²) in [6, 6.07) is 12.3. The lowest BCUT2D eigenvalue weighted by Crippen LogP contribution is -2.26. The minimum atomic E-state index is -4.27. The van der Waals surface area contributed by atoms with Crippen LogP contribution in [0.25, 0.3) is 20.2 Å². The second-order valence-corrected chi connectivity index (χ2v) is 7.88. The molecule has 0 aliphatic rings. The van der Waals surface area contributed by atoms with Crippen LogP contribution in [0.3, 0.4) is 0 Å². The average molecular weight is 366 g/mol. The Hall–Kier alpha value is -2.00. The normalized spacial score (nSPS) is 13.2. The maximum atomic E-state index is 12.6. The fraction of sp³-hybridized carbons (Fsp3) is 0.188. The Labute approximate surface area is 141 Å². The van der Waals surface area contributed by atoms with E-state index in [1.165, 1.54) is 11.3 Å². The molecule has 0 amide bonds. The number of benzene rings is 2. The van der Waals surface area contributed by atoms with E-state index >= 15 is 0 Å². The number of hydrogen-bond acceptors (Lipinski definition) is 6. The van der Waals surface area contributed by atoms with E-state index in [1.807, 2.05) is 12.1 Å². The van der Waals surface area contributed by atoms with Gasteiger partial charge < -0.3 is 9.84 Å². The third-order valence-corrected chi connectivity index (χ3v) is 5.35. The second-order valence-electron chi connectivity index (χ2n) is 5.30. The third kappa shape index (κ3) is 3.73. The summed E-state index contributed by atoms with van der Waals surface area (Å²) in [5.41, 5.74) is -0.108. The van der Waals surface area contributed by atoms with Gasteiger partial charge in [-0.15, -0.1) is 11.3 Å². The summed E-state index contributed by atoms with van der Waals surface area (Å²) in [7, 11) is -4.27. The molecule has 0 bridgehead atoms. The molecule has 8 heteroatoms. The number of fused-ring (bicyclic) bond motifs is 2. The van der Waals surface area contributed by atoms with Gasteiger partial charge in [0.05, 0.1) is 0 Å². The van der Waals surface area contributed by atoms with Gasteiger partial charge in [-0.1, -0.05) is 12.1 Å². The number of aliphatic hydroxyl groups excluding tert-OH is 1. The van der Waals surface area contributed by atoms with Crippen LogP contribution in [0, 0.1) is 0 Å². The van der Waals surface area contributed by atoms with Crippen LogP contribution in [-0.4, -0.2) is 36.5 Å². The molecule has 3 aromatic rings. The van der Waals surface area contributed by atoms with Crippen molar-refractivity contribution in [1.82, 2.24) is 0 Å². The Morgan fingerprint density at radius 1 is 1.08 bits per heavy atom. The summed E-state index contributed by atoms with van der Waals surface area (Å²) >= 11 is 1.49. The first-order valence-corrected chi connectivity index (χ1v) is 9.48. The molecule has 0 radical (unpaired) electrons. The highest BCUT2D eigenvalue weighted by Crippen LogP contribution is 2.27. The van der Waals surface area contributed by atoms with Gasteiger partial charge in [0.25, 0.3) is 10.1 Å². The van der Waals surface area contributed by atoms with Crippen LogP contribution in [0.4, 0.5) is 0 Å². The van der Waals surface area contributed by atoms with E-state index in [-0.39, 0.29) is 12.0 Å². The van der Waals surface area contributed by atoms with Crippen molar-refractivity contribution < 1.29 is 22.8 Å². The molecule has 1 aromatic heterocycles. The second kappa shape index (κ2) is 6.48. The lowest BCUT2D eigenvalue weighted by atomic mass is 10.2. The predicted octanol–water partition coefficient (Wildman–Crippen LogP) is 2.04. The summed E-state index contributed by atoms with van der Waals surface area (Å²) in [4.78, 5) is 12.6. The average Bonchev–Trinajstić information content (AvgIpc) is 2.52. The highest BCUT2D eigenvalue weighted by atomic mass is 32.2. The predicted molar refractivity (Wildman–Crippen MR) is 93.5 cm³/mol. The van der Waals surface area contributed by atoms with Crippen molar-refractivity contribution in [3.63, 3.8) is 0 Å². The maximum Gasteiger partial charge on any atom is 0.267 e. The van der Waals surface area contributed by atoms with E-state index in [0.717, 1.165) is 9.40 Å². The third-order valence-electron chi connectivity index (χ3n) is 3.39. The number of hydrogen-bond donors (Lipinski definition) is 2. The first kappa shape index (κ1) is 16.8. The fourth-order valence-electron chi connectivity index (χ4n) is 2.36. The zero-order valence-corrected chi connectivity index (χ0v) is 14.0. The van der Waals surface area contributed by atoms with Gasteiger partial charge in [0.15, 0.2) is 5.43 Å². The summed E-state index contributed by atoms with van der Waals surface area (Å²) < 4.78 is 37.1. The summed E-state index contributed by atoms with van der Waals surface area (Å²) in [5, 5.41) is 10.7. The van der Waals surface area contributed by atoms with Gasteiger partial charge in [-0.25, -0.2) is 0 Å². The smallest absolute Gasteiger partial charge is 0.267 e. The topological polar surface area (TPSA) is 101 Å². The molecule has 2 N–H and O–H groups in total. The van der Waals surface area contributed by atoms with E-state index in [0.29, 0.717) is 16.5 Å². The van der Waals surface area contributed by atoms with Gasteiger partial charge in [0, 0.05) is 20.2 Å². The fourth-order valence-corrected chi connectivity index (χ4v) is 3.99. The molecular weight excluding hydrogens is 352 g/mol. The van der Waals surface area contributed by atoms with Crippen molar-refractivity contribution in [1.29, 1.82) is 0 Å². The Morgan fingerprint density at radius 2 is 1.79 bits per heavy atom. The Morgan fingerprint density at radius 3 is 2.54 bits per heavy atom. The van der Waals surface area contributed by atoms with Crippen molar-refractivity contribution in [3.8, 4) is 5.75 Å². The van der Waals surface area contributed by atoms with Crippen LogP contribution < -0.4 is 10.2 Å². The molecular formula is C16H14O6S2. The van der Waals surface area contributed by atoms with E-state index in [1.54, 1.807) is 30.3 Å². The summed E-state index contributed by atoms with van der Waals surface area (Å²) in [5.74, 6) is -0.462. The molecule has 24 heavy (non-hydrogen) atoms. The van der Waals surface area contributed by atoms with Crippen molar-refractivity contribution in [3.05, 3.63) is 52.7 Å². The molecule has 0 spiro atoms. The van der Waals surface area contributed by atoms with Crippen LogP contribution in [0.2, 0.25) is 0 Å². The molecule has 3 rings (SSSR count). The molecule has 6 nitrogen and oxygen atoms in total. The number of ether oxygens (including phenoxy) is 1. The zero-order chi connectivity index (χ0) is 17.3. The standard InChI is InChI=1S/C16H14O6S2/c17-10(9-24(19,20)21)8-22-11-5-6-15-13(7-11)16(18)12-3-1-2-4-14(12)23-15/h1-7,10,17H,8-9H2,(H,19,20,21). The molecule has 1 heterocycles. The molecule has 1 atom stereocenters. The highest BCUT2D eigenvalue weighted by molar-refractivity contribution is 7.85. The van der Waals surface area contributed by atoms with Crippen molar-refractivity contribution in [2.24, 2.45) is 0 Å². The van der Waals surface area contributed by atoms with Crippen molar-refractivity contribution >= 4 is 41.6 Å². The van der Waals surface area contributed by atoms with E-state index in [2.05, 4.69) is 0 Å². The van der Waals surface area contributed by atoms with Gasteiger partial charge in [0.2, 0.25) is 0 Å². The van der Waals surface area contributed by atoms with Crippen LogP contribution in [0.1, 0.15) is 0 Å². The van der Waals surface area contributed by atoms with Crippen LogP contribution >= 0.6 is 11.3 Å². The Kier molecular flexibility index (Phi) is 4.55. The highest BCUT2D eigenvalue weighted by Gasteiger charge is 2.15. The quantitative estimate of drug-likeness (QED) is 0.529. The summed E-state index contributed by atoms with van der Waals surface area (Å²) in [6.07, 6.45) is -1.36. The molecule has 2 aromatic carbocycles. The Bertz CT molecular complexity index is 1060. The van der Waals surface area contributed by atoms with Crippen LogP contribution in [0.15, 0.2) is 47.3 Å². The number of rotatable bonds is 5. The monoisotopic (exact) mass is 366 g/mol. The summed E-state index contributed by atoms with van der Waals surface area (Å²) in [6.45, 7) is -0.309. The minimum absolute atomic E-state index is 0.108. The Balaban J connectivity index is 1.90. The molecule has 126 valence electrons. The first-order chi connectivity index (χ1) is 11.3. The molecule has 0 aliphatic carbocycles. The molecule has 1 unspecified atom stereocenters. The largest absolute Gasteiger partial charge is 0.491 e. The maximum absolute atomic E-state index is 12.6. The lowest BCUT2D eigenvalue weighted by Gasteiger charge is -2.11. The van der Waals surface area contributed by atoms with Gasteiger partial charge in [-0.2, -0.15) is 8.42 Å². The van der Waals surface area contributed by atoms with E-state index < -0.39 is 22.0 Å². The van der Waals surface area contributed by atoms with Gasteiger partial charge in [0.1, 0.15) is 24.2 Å². The van der Waals surface area contributed by atoms with Gasteiger partial charge >= 0.3 is 0 Å². The molecule has 0 fully saturated rings. The minimum Gasteiger partial charge on any atom is -0.491 e. The van der Waals surface area contributed by atoms with Crippen LogP contribution in [0.5, 0.6) is 5.75 Å². The lowest BCUT2D eigenvalue weighted by molar-refractivity contribution is 0.123. The molecule has 0 saturated heterocycles. The van der Waals surface area contributed by atoms with Gasteiger partial charge in [-0.05, 0) is 30.3 Å².